The van der Waals surface area contributed by atoms with Crippen LogP contribution in [0, 0.1) is 0 Å². The summed E-state index contributed by atoms with van der Waals surface area (Å²) in [5.41, 5.74) is 5.30. The van der Waals surface area contributed by atoms with Crippen molar-refractivity contribution in [1.82, 2.24) is 10.6 Å². The van der Waals surface area contributed by atoms with E-state index in [0.29, 0.717) is 58.8 Å². The standard InChI is InChI=1S/C19H37N3O9/c1-13(24)22-16-18(27)17(26)14(12-23)31-19(16)30-7-3-2-4-15(25)21-6-9-29-11-10-28-8-5-20/h14,16-19,23,26-27H,2-12,20H2,1H3,(H,21,25)(H,22,24)/t14-,16-,17+,18-,19-/m1/s1. The van der Waals surface area contributed by atoms with Gasteiger partial charge in [0.15, 0.2) is 6.29 Å². The molecule has 0 aromatic carbocycles. The van der Waals surface area contributed by atoms with Crippen molar-refractivity contribution in [2.24, 2.45) is 5.73 Å². The summed E-state index contributed by atoms with van der Waals surface area (Å²) in [5.74, 6) is -0.522. The van der Waals surface area contributed by atoms with Crippen molar-refractivity contribution >= 4 is 11.8 Å². The summed E-state index contributed by atoms with van der Waals surface area (Å²) in [5, 5.41) is 34.7. The van der Waals surface area contributed by atoms with Gasteiger partial charge in [-0.1, -0.05) is 0 Å². The smallest absolute Gasteiger partial charge is 0.220 e. The van der Waals surface area contributed by atoms with Gasteiger partial charge in [0, 0.05) is 33.0 Å². The van der Waals surface area contributed by atoms with Crippen molar-refractivity contribution in [3.05, 3.63) is 0 Å². The maximum absolute atomic E-state index is 11.8. The first-order valence-corrected chi connectivity index (χ1v) is 10.5. The highest BCUT2D eigenvalue weighted by atomic mass is 16.7. The third-order valence-electron chi connectivity index (χ3n) is 4.53. The molecule has 1 aliphatic rings. The van der Waals surface area contributed by atoms with Crippen LogP contribution in [-0.2, 0) is 28.5 Å². The molecular formula is C19H37N3O9. The quantitative estimate of drug-likeness (QED) is 0.134. The van der Waals surface area contributed by atoms with Crippen LogP contribution < -0.4 is 16.4 Å². The number of carbonyl (C=O) groups is 2. The van der Waals surface area contributed by atoms with E-state index >= 15 is 0 Å². The van der Waals surface area contributed by atoms with Crippen molar-refractivity contribution in [3.63, 3.8) is 0 Å². The largest absolute Gasteiger partial charge is 0.394 e. The van der Waals surface area contributed by atoms with Gasteiger partial charge in [0.2, 0.25) is 11.8 Å². The number of hydrogen-bond acceptors (Lipinski definition) is 10. The van der Waals surface area contributed by atoms with Crippen molar-refractivity contribution in [3.8, 4) is 0 Å². The molecule has 1 rings (SSSR count). The molecule has 182 valence electrons. The molecule has 0 radical (unpaired) electrons. The maximum Gasteiger partial charge on any atom is 0.220 e. The summed E-state index contributed by atoms with van der Waals surface area (Å²) in [6.07, 6.45) is -3.34. The Hall–Kier alpha value is -1.38. The molecule has 1 saturated heterocycles. The fourth-order valence-electron chi connectivity index (χ4n) is 2.96. The Morgan fingerprint density at radius 2 is 1.74 bits per heavy atom. The summed E-state index contributed by atoms with van der Waals surface area (Å²) in [7, 11) is 0. The van der Waals surface area contributed by atoms with Crippen LogP contribution in [0.3, 0.4) is 0 Å². The van der Waals surface area contributed by atoms with Crippen molar-refractivity contribution in [2.45, 2.75) is 56.8 Å². The lowest BCUT2D eigenvalue weighted by Crippen LogP contribution is -2.64. The molecule has 0 aromatic rings. The molecule has 12 nitrogen and oxygen atoms in total. The second kappa shape index (κ2) is 16.3. The fourth-order valence-corrected chi connectivity index (χ4v) is 2.96. The summed E-state index contributed by atoms with van der Waals surface area (Å²) in [4.78, 5) is 23.2. The molecule has 0 aliphatic carbocycles. The highest BCUT2D eigenvalue weighted by molar-refractivity contribution is 5.75. The molecular weight excluding hydrogens is 414 g/mol. The van der Waals surface area contributed by atoms with Gasteiger partial charge in [0.1, 0.15) is 24.4 Å². The Kier molecular flexibility index (Phi) is 14.5. The Morgan fingerprint density at radius 3 is 2.39 bits per heavy atom. The second-order valence-electron chi connectivity index (χ2n) is 7.12. The van der Waals surface area contributed by atoms with E-state index in [9.17, 15) is 24.9 Å². The Labute approximate surface area is 182 Å². The molecule has 1 aliphatic heterocycles. The number of hydrogen-bond donors (Lipinski definition) is 6. The van der Waals surface area contributed by atoms with Crippen molar-refractivity contribution in [1.29, 1.82) is 0 Å². The molecule has 0 saturated carbocycles. The first-order valence-electron chi connectivity index (χ1n) is 10.5. The fraction of sp³-hybridized carbons (Fsp3) is 0.895. The van der Waals surface area contributed by atoms with Crippen LogP contribution in [0.2, 0.25) is 0 Å². The van der Waals surface area contributed by atoms with Gasteiger partial charge >= 0.3 is 0 Å². The number of amides is 2. The number of nitrogens with one attached hydrogen (secondary N) is 2. The highest BCUT2D eigenvalue weighted by Crippen LogP contribution is 2.22. The Balaban J connectivity index is 2.19. The van der Waals surface area contributed by atoms with Gasteiger partial charge in [-0.3, -0.25) is 9.59 Å². The van der Waals surface area contributed by atoms with E-state index in [4.69, 9.17) is 24.7 Å². The summed E-state index contributed by atoms with van der Waals surface area (Å²) >= 11 is 0. The van der Waals surface area contributed by atoms with E-state index in [-0.39, 0.29) is 12.5 Å². The lowest BCUT2D eigenvalue weighted by molar-refractivity contribution is -0.270. The first kappa shape index (κ1) is 27.7. The minimum absolute atomic E-state index is 0.105. The summed E-state index contributed by atoms with van der Waals surface area (Å²) < 4.78 is 21.5. The van der Waals surface area contributed by atoms with E-state index in [1.54, 1.807) is 0 Å². The minimum Gasteiger partial charge on any atom is -0.394 e. The van der Waals surface area contributed by atoms with Gasteiger partial charge in [-0.05, 0) is 12.8 Å². The molecule has 7 N–H and O–H groups in total. The molecule has 0 unspecified atom stereocenters. The van der Waals surface area contributed by atoms with Crippen LogP contribution >= 0.6 is 0 Å². The second-order valence-corrected chi connectivity index (χ2v) is 7.12. The number of carbonyl (C=O) groups excluding carboxylic acids is 2. The van der Waals surface area contributed by atoms with Gasteiger partial charge in [-0.25, -0.2) is 0 Å². The molecule has 0 aromatic heterocycles. The zero-order chi connectivity index (χ0) is 23.1. The Morgan fingerprint density at radius 1 is 1.03 bits per heavy atom. The number of rotatable bonds is 16. The topological polar surface area (TPSA) is 182 Å². The molecule has 31 heavy (non-hydrogen) atoms. The SMILES string of the molecule is CC(=O)N[C@H]1[C@H](OCCCCC(=O)NCCOCCOCCN)O[C@H](CO)[C@H](O)[C@@H]1O. The number of nitrogens with two attached hydrogens (primary N) is 1. The predicted molar refractivity (Wildman–Crippen MR) is 109 cm³/mol. The van der Waals surface area contributed by atoms with Gasteiger partial charge in [0.05, 0.1) is 33.0 Å². The van der Waals surface area contributed by atoms with Crippen LogP contribution in [0.4, 0.5) is 0 Å². The molecule has 1 heterocycles. The van der Waals surface area contributed by atoms with Crippen LogP contribution in [0.5, 0.6) is 0 Å². The van der Waals surface area contributed by atoms with E-state index in [1.807, 2.05) is 0 Å². The average molecular weight is 452 g/mol. The van der Waals surface area contributed by atoms with Crippen LogP contribution in [0.1, 0.15) is 26.2 Å². The Bertz CT molecular complexity index is 512. The third-order valence-corrected chi connectivity index (χ3v) is 4.53. The number of unbranched alkanes of at least 4 members (excludes halogenated alkanes) is 1. The zero-order valence-electron chi connectivity index (χ0n) is 18.0. The average Bonchev–Trinajstić information content (AvgIpc) is 2.74. The van der Waals surface area contributed by atoms with Crippen LogP contribution in [-0.4, -0.2) is 111 Å². The van der Waals surface area contributed by atoms with Crippen molar-refractivity contribution in [2.75, 3.05) is 52.7 Å². The number of aliphatic hydroxyl groups excluding tert-OH is 3. The van der Waals surface area contributed by atoms with Gasteiger partial charge in [-0.15, -0.1) is 0 Å². The minimum atomic E-state index is -1.35. The molecule has 0 bridgehead atoms. The lowest BCUT2D eigenvalue weighted by atomic mass is 9.97. The van der Waals surface area contributed by atoms with Gasteiger partial charge in [0.25, 0.3) is 0 Å². The van der Waals surface area contributed by atoms with E-state index < -0.39 is 43.2 Å². The molecule has 2 amide bonds. The first-order chi connectivity index (χ1) is 14.9. The van der Waals surface area contributed by atoms with Crippen LogP contribution in [0.25, 0.3) is 0 Å². The van der Waals surface area contributed by atoms with Gasteiger partial charge < -0.3 is 50.6 Å². The van der Waals surface area contributed by atoms with E-state index in [2.05, 4.69) is 10.6 Å². The number of aliphatic hydroxyl groups is 3. The third kappa shape index (κ3) is 11.2. The predicted octanol–water partition coefficient (Wildman–Crippen LogP) is -2.77. The van der Waals surface area contributed by atoms with E-state index in [1.165, 1.54) is 6.92 Å². The molecule has 12 heteroatoms. The lowest BCUT2D eigenvalue weighted by Gasteiger charge is -2.42. The molecule has 1 fully saturated rings. The zero-order valence-corrected chi connectivity index (χ0v) is 18.0. The molecule has 0 spiro atoms. The molecule has 5 atom stereocenters. The number of ether oxygens (including phenoxy) is 4. The normalized spacial score (nSPS) is 25.9. The summed E-state index contributed by atoms with van der Waals surface area (Å²) in [6.45, 7) is 3.65. The maximum atomic E-state index is 11.8. The monoisotopic (exact) mass is 451 g/mol. The van der Waals surface area contributed by atoms with Crippen LogP contribution in [0.15, 0.2) is 0 Å². The highest BCUT2D eigenvalue weighted by Gasteiger charge is 2.45. The summed E-state index contributed by atoms with van der Waals surface area (Å²) in [6, 6.07) is -0.973. The van der Waals surface area contributed by atoms with E-state index in [0.717, 1.165) is 0 Å². The van der Waals surface area contributed by atoms with Crippen molar-refractivity contribution < 1.29 is 43.9 Å². The van der Waals surface area contributed by atoms with Gasteiger partial charge in [-0.2, -0.15) is 0 Å².